The van der Waals surface area contributed by atoms with Crippen LogP contribution in [0.1, 0.15) is 102 Å². The SMILES string of the molecule is CCCCC1CCC(c2ccc(CCC)cc2)(C2CCC(C(=O)O)CC2)CC1. The Labute approximate surface area is 172 Å². The van der Waals surface area contributed by atoms with E-state index in [2.05, 4.69) is 38.1 Å². The molecule has 2 heteroatoms. The maximum Gasteiger partial charge on any atom is 0.306 e. The molecule has 0 spiro atoms. The minimum atomic E-state index is -0.584. The molecule has 2 aliphatic carbocycles. The number of aryl methyl sites for hydroxylation is 1. The second-order valence-corrected chi connectivity index (χ2v) is 9.58. The molecule has 1 N–H and O–H groups in total. The average molecular weight is 385 g/mol. The largest absolute Gasteiger partial charge is 0.481 e. The van der Waals surface area contributed by atoms with Crippen molar-refractivity contribution >= 4 is 5.97 Å². The van der Waals surface area contributed by atoms with Gasteiger partial charge in [0.25, 0.3) is 0 Å². The van der Waals surface area contributed by atoms with Gasteiger partial charge < -0.3 is 5.11 Å². The number of carbonyl (C=O) groups is 1. The Kier molecular flexibility index (Phi) is 7.60. The van der Waals surface area contributed by atoms with Crippen LogP contribution in [0, 0.1) is 17.8 Å². The van der Waals surface area contributed by atoms with E-state index in [9.17, 15) is 9.90 Å². The van der Waals surface area contributed by atoms with E-state index in [4.69, 9.17) is 0 Å². The van der Waals surface area contributed by atoms with Crippen molar-refractivity contribution in [2.75, 3.05) is 0 Å². The van der Waals surface area contributed by atoms with Crippen LogP contribution in [-0.2, 0) is 16.6 Å². The van der Waals surface area contributed by atoms with Crippen LogP contribution >= 0.6 is 0 Å². The van der Waals surface area contributed by atoms with Gasteiger partial charge in [-0.25, -0.2) is 0 Å². The smallest absolute Gasteiger partial charge is 0.306 e. The van der Waals surface area contributed by atoms with Gasteiger partial charge in [-0.2, -0.15) is 0 Å². The fourth-order valence-electron chi connectivity index (χ4n) is 6.09. The summed E-state index contributed by atoms with van der Waals surface area (Å²) < 4.78 is 0. The zero-order valence-electron chi connectivity index (χ0n) is 18.1. The van der Waals surface area contributed by atoms with Gasteiger partial charge in [-0.05, 0) is 86.2 Å². The Hall–Kier alpha value is -1.31. The van der Waals surface area contributed by atoms with Crippen LogP contribution in [0.5, 0.6) is 0 Å². The molecule has 0 saturated heterocycles. The van der Waals surface area contributed by atoms with Crippen LogP contribution in [0.4, 0.5) is 0 Å². The van der Waals surface area contributed by atoms with E-state index >= 15 is 0 Å². The van der Waals surface area contributed by atoms with Crippen LogP contribution in [0.2, 0.25) is 0 Å². The minimum Gasteiger partial charge on any atom is -0.481 e. The molecule has 0 heterocycles. The Morgan fingerprint density at radius 3 is 2.14 bits per heavy atom. The van der Waals surface area contributed by atoms with Crippen LogP contribution in [0.3, 0.4) is 0 Å². The highest BCUT2D eigenvalue weighted by molar-refractivity contribution is 5.70. The Morgan fingerprint density at radius 1 is 0.964 bits per heavy atom. The van der Waals surface area contributed by atoms with Crippen molar-refractivity contribution in [3.63, 3.8) is 0 Å². The third kappa shape index (κ3) is 4.81. The number of carboxylic acid groups (broad SMARTS) is 1. The van der Waals surface area contributed by atoms with Gasteiger partial charge in [0.15, 0.2) is 0 Å². The summed E-state index contributed by atoms with van der Waals surface area (Å²) in [6, 6.07) is 9.54. The van der Waals surface area contributed by atoms with Crippen molar-refractivity contribution in [2.24, 2.45) is 17.8 Å². The van der Waals surface area contributed by atoms with E-state index in [0.717, 1.165) is 38.0 Å². The summed E-state index contributed by atoms with van der Waals surface area (Å²) in [7, 11) is 0. The van der Waals surface area contributed by atoms with E-state index in [0.29, 0.717) is 5.92 Å². The topological polar surface area (TPSA) is 37.3 Å². The molecular weight excluding hydrogens is 344 g/mol. The van der Waals surface area contributed by atoms with Crippen LogP contribution in [0.15, 0.2) is 24.3 Å². The first-order valence-electron chi connectivity index (χ1n) is 11.9. The van der Waals surface area contributed by atoms with Crippen LogP contribution in [0.25, 0.3) is 0 Å². The molecule has 0 bridgehead atoms. The first kappa shape index (κ1) is 21.4. The molecule has 2 aliphatic rings. The molecular formula is C26H40O2. The van der Waals surface area contributed by atoms with Crippen molar-refractivity contribution in [3.05, 3.63) is 35.4 Å². The van der Waals surface area contributed by atoms with Crippen molar-refractivity contribution in [1.29, 1.82) is 0 Å². The molecule has 0 radical (unpaired) electrons. The summed E-state index contributed by atoms with van der Waals surface area (Å²) in [6.07, 6.45) is 15.7. The maximum atomic E-state index is 11.4. The number of unbranched alkanes of at least 4 members (excludes halogenated alkanes) is 1. The fourth-order valence-corrected chi connectivity index (χ4v) is 6.09. The Morgan fingerprint density at radius 2 is 1.61 bits per heavy atom. The van der Waals surface area contributed by atoms with Gasteiger partial charge in [-0.1, -0.05) is 63.8 Å². The lowest BCUT2D eigenvalue weighted by molar-refractivity contribution is -0.143. The number of carboxylic acids is 1. The van der Waals surface area contributed by atoms with Crippen molar-refractivity contribution in [3.8, 4) is 0 Å². The zero-order valence-corrected chi connectivity index (χ0v) is 18.1. The molecule has 3 rings (SSSR count). The number of rotatable bonds is 8. The fraction of sp³-hybridized carbons (Fsp3) is 0.731. The predicted octanol–water partition coefficient (Wildman–Crippen LogP) is 7.15. The molecule has 2 nitrogen and oxygen atoms in total. The molecule has 156 valence electrons. The Bertz CT molecular complexity index is 602. The van der Waals surface area contributed by atoms with E-state index in [1.807, 2.05) is 0 Å². The number of hydrogen-bond donors (Lipinski definition) is 1. The summed E-state index contributed by atoms with van der Waals surface area (Å²) in [5.74, 6) is 0.871. The highest BCUT2D eigenvalue weighted by Crippen LogP contribution is 2.52. The number of benzene rings is 1. The van der Waals surface area contributed by atoms with Crippen LogP contribution < -0.4 is 0 Å². The first-order valence-corrected chi connectivity index (χ1v) is 11.9. The molecule has 2 fully saturated rings. The van der Waals surface area contributed by atoms with Gasteiger partial charge in [0, 0.05) is 0 Å². The molecule has 0 amide bonds. The van der Waals surface area contributed by atoms with Crippen LogP contribution in [-0.4, -0.2) is 11.1 Å². The molecule has 0 atom stereocenters. The lowest BCUT2D eigenvalue weighted by atomic mass is 9.56. The quantitative estimate of drug-likeness (QED) is 0.517. The monoisotopic (exact) mass is 384 g/mol. The zero-order chi connectivity index (χ0) is 20.0. The van der Waals surface area contributed by atoms with Crippen molar-refractivity contribution in [1.82, 2.24) is 0 Å². The highest BCUT2D eigenvalue weighted by Gasteiger charge is 2.44. The van der Waals surface area contributed by atoms with Gasteiger partial charge in [-0.3, -0.25) is 4.79 Å². The molecule has 0 unspecified atom stereocenters. The second kappa shape index (κ2) is 9.94. The summed E-state index contributed by atoms with van der Waals surface area (Å²) in [4.78, 5) is 11.4. The summed E-state index contributed by atoms with van der Waals surface area (Å²) in [5.41, 5.74) is 3.28. The summed E-state index contributed by atoms with van der Waals surface area (Å²) in [6.45, 7) is 4.54. The number of aliphatic carboxylic acids is 1. The minimum absolute atomic E-state index is 0.110. The van der Waals surface area contributed by atoms with Gasteiger partial charge in [0.2, 0.25) is 0 Å². The van der Waals surface area contributed by atoms with Gasteiger partial charge in [-0.15, -0.1) is 0 Å². The summed E-state index contributed by atoms with van der Waals surface area (Å²) in [5, 5.41) is 9.41. The molecule has 0 aliphatic heterocycles. The van der Waals surface area contributed by atoms with Crippen molar-refractivity contribution < 1.29 is 9.90 Å². The van der Waals surface area contributed by atoms with Gasteiger partial charge >= 0.3 is 5.97 Å². The third-order valence-electron chi connectivity index (χ3n) is 7.89. The van der Waals surface area contributed by atoms with E-state index in [1.165, 1.54) is 56.9 Å². The van der Waals surface area contributed by atoms with E-state index < -0.39 is 5.97 Å². The maximum absolute atomic E-state index is 11.4. The lowest BCUT2D eigenvalue weighted by Gasteiger charge is -2.48. The third-order valence-corrected chi connectivity index (χ3v) is 7.89. The van der Waals surface area contributed by atoms with E-state index in [1.54, 1.807) is 5.56 Å². The molecule has 1 aromatic rings. The molecule has 0 aromatic heterocycles. The first-order chi connectivity index (χ1) is 13.6. The predicted molar refractivity (Wildman–Crippen MR) is 117 cm³/mol. The molecule has 28 heavy (non-hydrogen) atoms. The molecule has 2 saturated carbocycles. The van der Waals surface area contributed by atoms with Gasteiger partial charge in [0.1, 0.15) is 0 Å². The van der Waals surface area contributed by atoms with Gasteiger partial charge in [0.05, 0.1) is 5.92 Å². The summed E-state index contributed by atoms with van der Waals surface area (Å²) >= 11 is 0. The lowest BCUT2D eigenvalue weighted by Crippen LogP contribution is -2.41. The van der Waals surface area contributed by atoms with Crippen molar-refractivity contribution in [2.45, 2.75) is 103 Å². The highest BCUT2D eigenvalue weighted by atomic mass is 16.4. The Balaban J connectivity index is 1.78. The number of hydrogen-bond acceptors (Lipinski definition) is 1. The average Bonchev–Trinajstić information content (AvgIpc) is 2.73. The standard InChI is InChI=1S/C26H40O2/c1-3-5-7-21-16-18-26(19-17-21,23-12-8-20(6-4-2)9-13-23)24-14-10-22(11-15-24)25(27)28/h8-9,12-13,21-22,24H,3-7,10-11,14-19H2,1-2H3,(H,27,28). The second-order valence-electron chi connectivity index (χ2n) is 9.58. The normalized spacial score (nSPS) is 30.9. The molecule has 1 aromatic carbocycles. The van der Waals surface area contributed by atoms with E-state index in [-0.39, 0.29) is 11.3 Å².